The van der Waals surface area contributed by atoms with Gasteiger partial charge in [0.15, 0.2) is 0 Å². The Morgan fingerprint density at radius 1 is 1.25 bits per heavy atom. The van der Waals surface area contributed by atoms with Crippen LogP contribution >= 0.6 is 23.4 Å². The Hall–Kier alpha value is -2.77. The molecule has 0 saturated heterocycles. The van der Waals surface area contributed by atoms with Crippen molar-refractivity contribution < 1.29 is 9.59 Å². The van der Waals surface area contributed by atoms with Crippen molar-refractivity contribution >= 4 is 46.6 Å². The highest BCUT2D eigenvalue weighted by Crippen LogP contribution is 2.38. The lowest BCUT2D eigenvalue weighted by atomic mass is 10.2. The van der Waals surface area contributed by atoms with Gasteiger partial charge in [0.25, 0.3) is 0 Å². The molecular formula is C20H17ClN4O2S. The van der Waals surface area contributed by atoms with E-state index in [0.717, 1.165) is 10.5 Å². The number of nitrogens with zero attached hydrogens (tertiary/aromatic N) is 2. The molecule has 1 aromatic heterocycles. The molecular weight excluding hydrogens is 396 g/mol. The topological polar surface area (TPSA) is 76.0 Å². The van der Waals surface area contributed by atoms with Gasteiger partial charge in [0.1, 0.15) is 0 Å². The molecule has 2 amide bonds. The number of benzene rings is 2. The lowest BCUT2D eigenvalue weighted by Crippen LogP contribution is -2.32. The van der Waals surface area contributed by atoms with Crippen molar-refractivity contribution in [1.82, 2.24) is 9.78 Å². The summed E-state index contributed by atoms with van der Waals surface area (Å²) in [6.07, 6.45) is 3.45. The van der Waals surface area contributed by atoms with Crippen LogP contribution in [-0.4, -0.2) is 26.8 Å². The third-order valence-electron chi connectivity index (χ3n) is 4.24. The fraction of sp³-hybridized carbons (Fsp3) is 0.150. The summed E-state index contributed by atoms with van der Waals surface area (Å²) in [6.45, 7) is 0.622. The monoisotopic (exact) mass is 412 g/mol. The number of nitrogens with one attached hydrogen (secondary N) is 2. The first-order chi connectivity index (χ1) is 13.6. The molecule has 1 atom stereocenters. The van der Waals surface area contributed by atoms with Crippen molar-refractivity contribution in [3.63, 3.8) is 0 Å². The van der Waals surface area contributed by atoms with Crippen molar-refractivity contribution in [2.45, 2.75) is 23.1 Å². The van der Waals surface area contributed by atoms with Crippen LogP contribution in [-0.2, 0) is 16.1 Å². The van der Waals surface area contributed by atoms with Gasteiger partial charge in [-0.05, 0) is 23.8 Å². The molecule has 2 N–H and O–H groups in total. The molecule has 1 aliphatic heterocycles. The predicted octanol–water partition coefficient (Wildman–Crippen LogP) is 4.03. The SMILES string of the molecule is O=C(CC1Sc2ccc(Cl)cc2NC1=O)Nc1cnn(Cc2ccccc2)c1. The van der Waals surface area contributed by atoms with E-state index in [4.69, 9.17) is 11.6 Å². The van der Waals surface area contributed by atoms with E-state index >= 15 is 0 Å². The van der Waals surface area contributed by atoms with Crippen molar-refractivity contribution in [3.8, 4) is 0 Å². The number of carbonyl (C=O) groups excluding carboxylic acids is 2. The number of hydrogen-bond acceptors (Lipinski definition) is 4. The molecule has 2 heterocycles. The lowest BCUT2D eigenvalue weighted by molar-refractivity contribution is -0.120. The van der Waals surface area contributed by atoms with Crippen molar-refractivity contribution in [3.05, 3.63) is 71.5 Å². The molecule has 142 valence electrons. The van der Waals surface area contributed by atoms with Gasteiger partial charge in [0.05, 0.1) is 29.4 Å². The molecule has 28 heavy (non-hydrogen) atoms. The van der Waals surface area contributed by atoms with Crippen molar-refractivity contribution in [2.24, 2.45) is 0 Å². The third-order valence-corrected chi connectivity index (χ3v) is 5.75. The standard InChI is InChI=1S/C20H17ClN4O2S/c21-14-6-7-17-16(8-14)24-20(27)18(28-17)9-19(26)23-15-10-22-25(12-15)11-13-4-2-1-3-5-13/h1-8,10,12,18H,9,11H2,(H,23,26)(H,24,27). The number of rotatable bonds is 5. The summed E-state index contributed by atoms with van der Waals surface area (Å²) in [6, 6.07) is 15.3. The van der Waals surface area contributed by atoms with Crippen molar-refractivity contribution in [1.29, 1.82) is 0 Å². The summed E-state index contributed by atoms with van der Waals surface area (Å²) >= 11 is 7.32. The van der Waals surface area contributed by atoms with Gasteiger partial charge in [0, 0.05) is 22.5 Å². The predicted molar refractivity (Wildman–Crippen MR) is 111 cm³/mol. The van der Waals surface area contributed by atoms with Crippen LogP contribution in [0.5, 0.6) is 0 Å². The Balaban J connectivity index is 1.36. The maximum atomic E-state index is 12.4. The summed E-state index contributed by atoms with van der Waals surface area (Å²) in [5.41, 5.74) is 2.41. The average Bonchev–Trinajstić information content (AvgIpc) is 3.10. The first-order valence-electron chi connectivity index (χ1n) is 8.70. The van der Waals surface area contributed by atoms with E-state index in [0.29, 0.717) is 22.9 Å². The Morgan fingerprint density at radius 2 is 2.07 bits per heavy atom. The maximum absolute atomic E-state index is 12.4. The quantitative estimate of drug-likeness (QED) is 0.663. The second kappa shape index (κ2) is 8.08. The number of fused-ring (bicyclic) bond motifs is 1. The molecule has 0 fully saturated rings. The minimum atomic E-state index is -0.493. The van der Waals surface area contributed by atoms with Gasteiger partial charge >= 0.3 is 0 Å². The fourth-order valence-electron chi connectivity index (χ4n) is 2.92. The summed E-state index contributed by atoms with van der Waals surface area (Å²) < 4.78 is 1.76. The highest BCUT2D eigenvalue weighted by molar-refractivity contribution is 8.01. The van der Waals surface area contributed by atoms with Gasteiger partial charge in [-0.3, -0.25) is 14.3 Å². The van der Waals surface area contributed by atoms with Crippen LogP contribution in [0.25, 0.3) is 0 Å². The zero-order chi connectivity index (χ0) is 19.5. The number of halogens is 1. The first kappa shape index (κ1) is 18.6. The van der Waals surface area contributed by atoms with Crippen molar-refractivity contribution in [2.75, 3.05) is 10.6 Å². The van der Waals surface area contributed by atoms with Gasteiger partial charge in [-0.2, -0.15) is 5.10 Å². The molecule has 0 bridgehead atoms. The molecule has 0 radical (unpaired) electrons. The minimum absolute atomic E-state index is 0.0719. The van der Waals surface area contributed by atoms with Crippen LogP contribution in [0.4, 0.5) is 11.4 Å². The summed E-state index contributed by atoms with van der Waals surface area (Å²) in [4.78, 5) is 25.6. The number of carbonyl (C=O) groups is 2. The van der Waals surface area contributed by atoms with Crippen LogP contribution in [0.3, 0.4) is 0 Å². The number of anilines is 2. The molecule has 1 aliphatic rings. The number of aromatic nitrogens is 2. The second-order valence-corrected chi connectivity index (χ2v) is 8.08. The van der Waals surface area contributed by atoms with E-state index in [1.807, 2.05) is 36.4 Å². The van der Waals surface area contributed by atoms with E-state index in [1.165, 1.54) is 11.8 Å². The molecule has 0 spiro atoms. The molecule has 0 saturated carbocycles. The number of hydrogen-bond donors (Lipinski definition) is 2. The zero-order valence-corrected chi connectivity index (χ0v) is 16.3. The molecule has 3 aromatic rings. The Kier molecular flexibility index (Phi) is 5.36. The molecule has 4 rings (SSSR count). The number of thioether (sulfide) groups is 1. The van der Waals surface area contributed by atoms with Gasteiger partial charge in [-0.25, -0.2) is 0 Å². The van der Waals surface area contributed by atoms with Crippen LogP contribution in [0.1, 0.15) is 12.0 Å². The molecule has 0 aliphatic carbocycles. The minimum Gasteiger partial charge on any atom is -0.324 e. The lowest BCUT2D eigenvalue weighted by Gasteiger charge is -2.23. The van der Waals surface area contributed by atoms with E-state index < -0.39 is 5.25 Å². The fourth-order valence-corrected chi connectivity index (χ4v) is 4.19. The Bertz CT molecular complexity index is 1020. The summed E-state index contributed by atoms with van der Waals surface area (Å²) in [5.74, 6) is -0.431. The van der Waals surface area contributed by atoms with E-state index in [9.17, 15) is 9.59 Å². The normalized spacial score (nSPS) is 15.6. The van der Waals surface area contributed by atoms with E-state index in [2.05, 4.69) is 15.7 Å². The highest BCUT2D eigenvalue weighted by Gasteiger charge is 2.29. The number of amides is 2. The molecule has 2 aromatic carbocycles. The van der Waals surface area contributed by atoms with E-state index in [1.54, 1.807) is 29.2 Å². The van der Waals surface area contributed by atoms with Crippen LogP contribution in [0.15, 0.2) is 65.8 Å². The summed E-state index contributed by atoms with van der Waals surface area (Å²) in [7, 11) is 0. The second-order valence-electron chi connectivity index (χ2n) is 6.40. The van der Waals surface area contributed by atoms with Crippen LogP contribution in [0, 0.1) is 0 Å². The first-order valence-corrected chi connectivity index (χ1v) is 9.96. The highest BCUT2D eigenvalue weighted by atomic mass is 35.5. The largest absolute Gasteiger partial charge is 0.324 e. The zero-order valence-electron chi connectivity index (χ0n) is 14.8. The van der Waals surface area contributed by atoms with Gasteiger partial charge < -0.3 is 10.6 Å². The molecule has 8 heteroatoms. The smallest absolute Gasteiger partial charge is 0.238 e. The molecule has 1 unspecified atom stereocenters. The van der Waals surface area contributed by atoms with Crippen LogP contribution in [0.2, 0.25) is 5.02 Å². The maximum Gasteiger partial charge on any atom is 0.238 e. The third kappa shape index (κ3) is 4.37. The van der Waals surface area contributed by atoms with Crippen LogP contribution < -0.4 is 10.6 Å². The summed E-state index contributed by atoms with van der Waals surface area (Å²) in [5, 5.41) is 9.96. The Labute approximate surface area is 171 Å². The molecule has 6 nitrogen and oxygen atoms in total. The van der Waals surface area contributed by atoms with Gasteiger partial charge in [0.2, 0.25) is 11.8 Å². The van der Waals surface area contributed by atoms with Gasteiger partial charge in [-0.15, -0.1) is 11.8 Å². The van der Waals surface area contributed by atoms with E-state index in [-0.39, 0.29) is 18.2 Å². The Morgan fingerprint density at radius 3 is 2.89 bits per heavy atom. The average molecular weight is 413 g/mol. The van der Waals surface area contributed by atoms with Gasteiger partial charge in [-0.1, -0.05) is 41.9 Å².